The second-order valence-corrected chi connectivity index (χ2v) is 10.4. The van der Waals surface area contributed by atoms with Crippen molar-refractivity contribution in [2.75, 3.05) is 19.6 Å². The van der Waals surface area contributed by atoms with Gasteiger partial charge in [0.1, 0.15) is 5.69 Å². The van der Waals surface area contributed by atoms with Gasteiger partial charge in [0.2, 0.25) is 10.0 Å². The number of fused-ring (bicyclic) bond motifs is 1. The summed E-state index contributed by atoms with van der Waals surface area (Å²) in [5.41, 5.74) is 2.22. The Balaban J connectivity index is 1.68. The third-order valence-electron chi connectivity index (χ3n) is 6.51. The molecule has 6 nitrogen and oxygen atoms in total. The van der Waals surface area contributed by atoms with E-state index in [1.54, 1.807) is 22.5 Å². The SMILES string of the molecule is Cc1c(C(=O)N2CCCCC2C)[nH]c2ccc(S(=O)(=O)N3CCCCCC3)cc12. The van der Waals surface area contributed by atoms with Gasteiger partial charge in [-0.15, -0.1) is 0 Å². The smallest absolute Gasteiger partial charge is 0.270 e. The Morgan fingerprint density at radius 1 is 1.03 bits per heavy atom. The van der Waals surface area contributed by atoms with E-state index >= 15 is 0 Å². The highest BCUT2D eigenvalue weighted by molar-refractivity contribution is 7.89. The molecule has 1 aromatic heterocycles. The molecule has 1 atom stereocenters. The number of aryl methyl sites for hydroxylation is 1. The molecule has 1 N–H and O–H groups in total. The standard InChI is InChI=1S/C22H31N3O3S/c1-16-9-5-8-14-25(16)22(26)21-17(2)19-15-18(10-11-20(19)23-21)29(27,28)24-12-6-3-4-7-13-24/h10-11,15-16,23H,3-9,12-14H2,1-2H3. The summed E-state index contributed by atoms with van der Waals surface area (Å²) in [5.74, 6) is 0.0165. The van der Waals surface area contributed by atoms with Gasteiger partial charge in [-0.1, -0.05) is 12.8 Å². The minimum absolute atomic E-state index is 0.0165. The van der Waals surface area contributed by atoms with Gasteiger partial charge in [0.05, 0.1) is 4.90 Å². The molecule has 29 heavy (non-hydrogen) atoms. The fourth-order valence-corrected chi connectivity index (χ4v) is 6.20. The number of hydrogen-bond donors (Lipinski definition) is 1. The maximum Gasteiger partial charge on any atom is 0.270 e. The number of likely N-dealkylation sites (tertiary alicyclic amines) is 1. The highest BCUT2D eigenvalue weighted by atomic mass is 32.2. The predicted molar refractivity (Wildman–Crippen MR) is 115 cm³/mol. The third-order valence-corrected chi connectivity index (χ3v) is 8.40. The number of aromatic nitrogens is 1. The molecule has 1 unspecified atom stereocenters. The first-order chi connectivity index (χ1) is 13.9. The molecule has 2 aliphatic rings. The van der Waals surface area contributed by atoms with E-state index in [-0.39, 0.29) is 11.9 Å². The summed E-state index contributed by atoms with van der Waals surface area (Å²) < 4.78 is 27.9. The molecule has 158 valence electrons. The van der Waals surface area contributed by atoms with Crippen molar-refractivity contribution < 1.29 is 13.2 Å². The fraction of sp³-hybridized carbons (Fsp3) is 0.591. The van der Waals surface area contributed by atoms with Gasteiger partial charge in [-0.3, -0.25) is 4.79 Å². The number of H-pyrrole nitrogens is 1. The molecule has 2 saturated heterocycles. The van der Waals surface area contributed by atoms with Crippen molar-refractivity contribution in [1.82, 2.24) is 14.2 Å². The molecule has 0 bridgehead atoms. The zero-order valence-electron chi connectivity index (χ0n) is 17.4. The number of benzene rings is 1. The number of sulfonamides is 1. The Hall–Kier alpha value is -1.86. The first kappa shape index (κ1) is 20.4. The van der Waals surface area contributed by atoms with Crippen LogP contribution in [0.15, 0.2) is 23.1 Å². The predicted octanol–water partition coefficient (Wildman–Crippen LogP) is 4.06. The van der Waals surface area contributed by atoms with Crippen LogP contribution in [0.25, 0.3) is 10.9 Å². The molecule has 3 heterocycles. The summed E-state index contributed by atoms with van der Waals surface area (Å²) in [7, 11) is -3.51. The highest BCUT2D eigenvalue weighted by Gasteiger charge is 2.29. The first-order valence-electron chi connectivity index (χ1n) is 10.8. The topological polar surface area (TPSA) is 73.5 Å². The molecule has 1 amide bonds. The number of carbonyl (C=O) groups excluding carboxylic acids is 1. The summed E-state index contributed by atoms with van der Waals surface area (Å²) in [6.07, 6.45) is 7.23. The Kier molecular flexibility index (Phi) is 5.71. The number of nitrogens with one attached hydrogen (secondary N) is 1. The lowest BCUT2D eigenvalue weighted by molar-refractivity contribution is 0.0629. The molecule has 7 heteroatoms. The van der Waals surface area contributed by atoms with Crippen LogP contribution >= 0.6 is 0 Å². The van der Waals surface area contributed by atoms with E-state index in [0.29, 0.717) is 23.7 Å². The van der Waals surface area contributed by atoms with Gasteiger partial charge < -0.3 is 9.88 Å². The van der Waals surface area contributed by atoms with Crippen LogP contribution in [0.5, 0.6) is 0 Å². The van der Waals surface area contributed by atoms with Gasteiger partial charge >= 0.3 is 0 Å². The van der Waals surface area contributed by atoms with Crippen LogP contribution in [0.2, 0.25) is 0 Å². The normalized spacial score (nSPS) is 22.0. The number of nitrogens with zero attached hydrogens (tertiary/aromatic N) is 2. The molecule has 1 aromatic carbocycles. The summed E-state index contributed by atoms with van der Waals surface area (Å²) >= 11 is 0. The Labute approximate surface area is 173 Å². The summed E-state index contributed by atoms with van der Waals surface area (Å²) in [6.45, 7) is 5.96. The molecule has 2 aromatic rings. The third kappa shape index (κ3) is 3.82. The van der Waals surface area contributed by atoms with Crippen LogP contribution in [0.3, 0.4) is 0 Å². The van der Waals surface area contributed by atoms with Gasteiger partial charge in [0.25, 0.3) is 5.91 Å². The van der Waals surface area contributed by atoms with Crippen molar-refractivity contribution in [2.24, 2.45) is 0 Å². The van der Waals surface area contributed by atoms with Crippen LogP contribution in [-0.4, -0.2) is 54.2 Å². The summed E-state index contributed by atoms with van der Waals surface area (Å²) in [4.78, 5) is 18.6. The van der Waals surface area contributed by atoms with Crippen molar-refractivity contribution >= 4 is 26.8 Å². The molecule has 0 radical (unpaired) electrons. The van der Waals surface area contributed by atoms with Gasteiger partial charge in [-0.25, -0.2) is 8.42 Å². The lowest BCUT2D eigenvalue weighted by Crippen LogP contribution is -2.42. The van der Waals surface area contributed by atoms with Crippen LogP contribution < -0.4 is 0 Å². The minimum Gasteiger partial charge on any atom is -0.350 e. The average molecular weight is 418 g/mol. The maximum absolute atomic E-state index is 13.2. The molecule has 0 aliphatic carbocycles. The number of rotatable bonds is 3. The van der Waals surface area contributed by atoms with E-state index < -0.39 is 10.0 Å². The van der Waals surface area contributed by atoms with Gasteiger partial charge in [0.15, 0.2) is 0 Å². The zero-order valence-corrected chi connectivity index (χ0v) is 18.2. The van der Waals surface area contributed by atoms with Crippen molar-refractivity contribution in [3.63, 3.8) is 0 Å². The first-order valence-corrected chi connectivity index (χ1v) is 12.3. The minimum atomic E-state index is -3.51. The van der Waals surface area contributed by atoms with Crippen molar-refractivity contribution in [3.8, 4) is 0 Å². The average Bonchev–Trinajstić information content (AvgIpc) is 2.89. The molecular formula is C22H31N3O3S. The lowest BCUT2D eigenvalue weighted by Gasteiger charge is -2.33. The monoisotopic (exact) mass is 417 g/mol. The molecule has 0 saturated carbocycles. The second-order valence-electron chi connectivity index (χ2n) is 8.49. The molecule has 0 spiro atoms. The van der Waals surface area contributed by atoms with Crippen LogP contribution in [0, 0.1) is 6.92 Å². The van der Waals surface area contributed by atoms with E-state index in [1.807, 2.05) is 11.8 Å². The van der Waals surface area contributed by atoms with Gasteiger partial charge in [-0.05, 0) is 69.7 Å². The summed E-state index contributed by atoms with van der Waals surface area (Å²) in [5, 5.41) is 0.814. The quantitative estimate of drug-likeness (QED) is 0.819. The summed E-state index contributed by atoms with van der Waals surface area (Å²) in [6, 6.07) is 5.43. The number of carbonyl (C=O) groups is 1. The molecule has 2 fully saturated rings. The largest absolute Gasteiger partial charge is 0.350 e. The van der Waals surface area contributed by atoms with Crippen LogP contribution in [0.4, 0.5) is 0 Å². The van der Waals surface area contributed by atoms with E-state index in [2.05, 4.69) is 11.9 Å². The molecule has 2 aliphatic heterocycles. The number of amides is 1. The van der Waals surface area contributed by atoms with E-state index in [0.717, 1.165) is 68.0 Å². The van der Waals surface area contributed by atoms with E-state index in [1.165, 1.54) is 0 Å². The highest BCUT2D eigenvalue weighted by Crippen LogP contribution is 2.29. The van der Waals surface area contributed by atoms with Gasteiger partial charge in [0, 0.05) is 36.6 Å². The molecular weight excluding hydrogens is 386 g/mol. The number of hydrogen-bond acceptors (Lipinski definition) is 3. The number of piperidine rings is 1. The van der Waals surface area contributed by atoms with Gasteiger partial charge in [-0.2, -0.15) is 4.31 Å². The van der Waals surface area contributed by atoms with Crippen molar-refractivity contribution in [3.05, 3.63) is 29.5 Å². The Morgan fingerprint density at radius 3 is 2.41 bits per heavy atom. The zero-order chi connectivity index (χ0) is 20.6. The lowest BCUT2D eigenvalue weighted by atomic mass is 10.0. The van der Waals surface area contributed by atoms with E-state index in [4.69, 9.17) is 0 Å². The number of aromatic amines is 1. The van der Waals surface area contributed by atoms with Crippen LogP contribution in [-0.2, 0) is 10.0 Å². The Morgan fingerprint density at radius 2 is 1.72 bits per heavy atom. The molecule has 4 rings (SSSR count). The van der Waals surface area contributed by atoms with E-state index in [9.17, 15) is 13.2 Å². The second kappa shape index (κ2) is 8.11. The Bertz CT molecular complexity index is 1000. The van der Waals surface area contributed by atoms with Crippen molar-refractivity contribution in [2.45, 2.75) is 69.7 Å². The van der Waals surface area contributed by atoms with Crippen molar-refractivity contribution in [1.29, 1.82) is 0 Å². The maximum atomic E-state index is 13.2. The van der Waals surface area contributed by atoms with Crippen LogP contribution in [0.1, 0.15) is 67.9 Å². The fourth-order valence-electron chi connectivity index (χ4n) is 4.65.